The molecule has 0 N–H and O–H groups in total. The summed E-state index contributed by atoms with van der Waals surface area (Å²) in [6.45, 7) is 0. The first-order chi connectivity index (χ1) is 23.3. The molecule has 0 aliphatic heterocycles. The predicted octanol–water partition coefficient (Wildman–Crippen LogP) is 11.2. The summed E-state index contributed by atoms with van der Waals surface area (Å²) in [5.41, 5.74) is 10.2. The minimum atomic E-state index is 0.623. The fourth-order valence-electron chi connectivity index (χ4n) is 7.36. The molecule has 0 saturated heterocycles. The third kappa shape index (κ3) is 3.77. The summed E-state index contributed by atoms with van der Waals surface area (Å²) in [5, 5.41) is 16.3. The van der Waals surface area contributed by atoms with Gasteiger partial charge < -0.3 is 9.13 Å². The van der Waals surface area contributed by atoms with Crippen LogP contribution in [0.15, 0.2) is 146 Å². The van der Waals surface area contributed by atoms with Crippen molar-refractivity contribution in [1.29, 1.82) is 5.26 Å². The number of nitrogens with zero attached hydrogens (tertiary/aromatic N) is 4. The molecule has 4 nitrogen and oxygen atoms in total. The number of para-hydroxylation sites is 2. The molecule has 6 aromatic carbocycles. The van der Waals surface area contributed by atoms with Gasteiger partial charge in [0.05, 0.1) is 43.9 Å². The van der Waals surface area contributed by atoms with Crippen LogP contribution in [-0.2, 0) is 0 Å². The quantitative estimate of drug-likeness (QED) is 0.198. The van der Waals surface area contributed by atoms with Gasteiger partial charge in [-0.25, -0.2) is 0 Å². The molecular weight excluding hydrogens is 593 g/mol. The predicted molar refractivity (Wildman–Crippen MR) is 196 cm³/mol. The fraction of sp³-hybridized carbons (Fsp3) is 0. The van der Waals surface area contributed by atoms with Crippen molar-refractivity contribution < 1.29 is 0 Å². The number of rotatable bonds is 3. The lowest BCUT2D eigenvalue weighted by atomic mass is 10.0. The number of benzene rings is 6. The Balaban J connectivity index is 1.22. The molecule has 0 unspecified atom stereocenters. The third-order valence-corrected chi connectivity index (χ3v) is 10.5. The largest absolute Gasteiger partial charge is 0.309 e. The molecule has 0 saturated carbocycles. The number of fused-ring (bicyclic) bond motifs is 10. The van der Waals surface area contributed by atoms with Gasteiger partial charge in [-0.3, -0.25) is 4.98 Å². The molecule has 47 heavy (non-hydrogen) atoms. The van der Waals surface area contributed by atoms with Gasteiger partial charge in [0.25, 0.3) is 0 Å². The van der Waals surface area contributed by atoms with Gasteiger partial charge in [0.2, 0.25) is 0 Å². The van der Waals surface area contributed by atoms with E-state index in [0.717, 1.165) is 50.0 Å². The van der Waals surface area contributed by atoms with Crippen molar-refractivity contribution in [3.05, 3.63) is 151 Å². The Bertz CT molecular complexity index is 2880. The highest BCUT2D eigenvalue weighted by Crippen LogP contribution is 2.43. The Labute approximate surface area is 273 Å². The molecule has 0 spiro atoms. The minimum Gasteiger partial charge on any atom is -0.309 e. The Kier molecular flexibility index (Phi) is 5.48. The SMILES string of the molecule is N#Cc1cc(-c2cccc(-n3c4cccnc4c4ccc5c6ccccc6sc5c43)c2)cc(-n2c3ccccc3c3ccccc32)c1. The highest BCUT2D eigenvalue weighted by Gasteiger charge is 2.19. The summed E-state index contributed by atoms with van der Waals surface area (Å²) in [4.78, 5) is 4.85. The topological polar surface area (TPSA) is 46.5 Å². The van der Waals surface area contributed by atoms with Crippen molar-refractivity contribution in [2.45, 2.75) is 0 Å². The van der Waals surface area contributed by atoms with Crippen LogP contribution in [0.3, 0.4) is 0 Å². The average Bonchev–Trinajstić information content (AvgIpc) is 3.79. The first-order valence-corrected chi connectivity index (χ1v) is 16.4. The van der Waals surface area contributed by atoms with E-state index >= 15 is 0 Å². The van der Waals surface area contributed by atoms with Crippen LogP contribution in [0, 0.1) is 11.3 Å². The highest BCUT2D eigenvalue weighted by molar-refractivity contribution is 7.26. The van der Waals surface area contributed by atoms with Gasteiger partial charge in [-0.2, -0.15) is 5.26 Å². The molecule has 0 amide bonds. The van der Waals surface area contributed by atoms with Crippen molar-refractivity contribution in [3.8, 4) is 28.6 Å². The average molecular weight is 617 g/mol. The maximum absolute atomic E-state index is 10.2. The van der Waals surface area contributed by atoms with Crippen LogP contribution in [-0.4, -0.2) is 14.1 Å². The lowest BCUT2D eigenvalue weighted by Crippen LogP contribution is -1.97. The first-order valence-electron chi connectivity index (χ1n) is 15.6. The van der Waals surface area contributed by atoms with E-state index in [1.54, 1.807) is 0 Å². The van der Waals surface area contributed by atoms with Crippen molar-refractivity contribution in [2.24, 2.45) is 0 Å². The number of hydrogen-bond donors (Lipinski definition) is 0. The molecule has 0 aliphatic carbocycles. The van der Waals surface area contributed by atoms with Crippen LogP contribution in [0.1, 0.15) is 5.56 Å². The van der Waals surface area contributed by atoms with E-state index < -0.39 is 0 Å². The Morgan fingerprint density at radius 1 is 0.532 bits per heavy atom. The Hall–Kier alpha value is -6.22. The Morgan fingerprint density at radius 2 is 1.23 bits per heavy atom. The van der Waals surface area contributed by atoms with E-state index in [1.165, 1.54) is 36.5 Å². The zero-order chi connectivity index (χ0) is 31.1. The van der Waals surface area contributed by atoms with Gasteiger partial charge in [0.1, 0.15) is 0 Å². The maximum Gasteiger partial charge on any atom is 0.0992 e. The van der Waals surface area contributed by atoms with Crippen LogP contribution in [0.2, 0.25) is 0 Å². The molecule has 4 aromatic heterocycles. The smallest absolute Gasteiger partial charge is 0.0992 e. The number of nitriles is 1. The number of thiophene rings is 1. The summed E-state index contributed by atoms with van der Waals surface area (Å²) < 4.78 is 7.17. The summed E-state index contributed by atoms with van der Waals surface area (Å²) in [6.07, 6.45) is 1.88. The van der Waals surface area contributed by atoms with Crippen LogP contribution >= 0.6 is 11.3 Å². The fourth-order valence-corrected chi connectivity index (χ4v) is 8.60. The first kappa shape index (κ1) is 26.0. The Morgan fingerprint density at radius 3 is 2.04 bits per heavy atom. The van der Waals surface area contributed by atoms with Crippen LogP contribution in [0.4, 0.5) is 0 Å². The van der Waals surface area contributed by atoms with Gasteiger partial charge in [-0.05, 0) is 77.9 Å². The van der Waals surface area contributed by atoms with Crippen molar-refractivity contribution >= 4 is 75.3 Å². The van der Waals surface area contributed by atoms with Gasteiger partial charge >= 0.3 is 0 Å². The molecular formula is C42H24N4S. The van der Waals surface area contributed by atoms with Gasteiger partial charge in [0.15, 0.2) is 0 Å². The summed E-state index contributed by atoms with van der Waals surface area (Å²) in [5.74, 6) is 0. The van der Waals surface area contributed by atoms with Crippen LogP contribution in [0.25, 0.3) is 86.4 Å². The van der Waals surface area contributed by atoms with E-state index in [1.807, 2.05) is 35.7 Å². The molecule has 0 radical (unpaired) electrons. The highest BCUT2D eigenvalue weighted by atomic mass is 32.1. The number of aromatic nitrogens is 3. The summed E-state index contributed by atoms with van der Waals surface area (Å²) >= 11 is 1.84. The number of hydrogen-bond acceptors (Lipinski definition) is 3. The molecule has 218 valence electrons. The zero-order valence-corrected chi connectivity index (χ0v) is 25.9. The minimum absolute atomic E-state index is 0.623. The van der Waals surface area contributed by atoms with Crippen molar-refractivity contribution in [3.63, 3.8) is 0 Å². The second-order valence-electron chi connectivity index (χ2n) is 11.9. The summed E-state index contributed by atoms with van der Waals surface area (Å²) in [6, 6.07) is 51.5. The van der Waals surface area contributed by atoms with E-state index in [2.05, 4.69) is 137 Å². The normalized spacial score (nSPS) is 11.8. The second-order valence-corrected chi connectivity index (χ2v) is 13.0. The standard InChI is InChI=1S/C42H24N4S/c43-25-26-21-28(24-30(22-26)45-36-14-4-1-11-31(36)32-12-2-5-15-37(32)45)27-9-7-10-29(23-27)46-38-16-8-20-44-40(38)35-19-18-34-33-13-3-6-17-39(33)47-42(34)41(35)46/h1-24H. The molecule has 5 heteroatoms. The molecule has 10 rings (SSSR count). The number of pyridine rings is 1. The van der Waals surface area contributed by atoms with Crippen LogP contribution in [0.5, 0.6) is 0 Å². The van der Waals surface area contributed by atoms with E-state index in [0.29, 0.717) is 5.56 Å². The van der Waals surface area contributed by atoms with Crippen molar-refractivity contribution in [2.75, 3.05) is 0 Å². The molecule has 0 fully saturated rings. The molecule has 0 bridgehead atoms. The van der Waals surface area contributed by atoms with E-state index in [9.17, 15) is 5.26 Å². The molecule has 0 atom stereocenters. The lowest BCUT2D eigenvalue weighted by molar-refractivity contribution is 1.17. The molecule has 0 aliphatic rings. The van der Waals surface area contributed by atoms with E-state index in [4.69, 9.17) is 4.98 Å². The van der Waals surface area contributed by atoms with Gasteiger partial charge in [0, 0.05) is 49.2 Å². The van der Waals surface area contributed by atoms with Gasteiger partial charge in [-0.1, -0.05) is 72.8 Å². The van der Waals surface area contributed by atoms with E-state index in [-0.39, 0.29) is 0 Å². The lowest BCUT2D eigenvalue weighted by Gasteiger charge is -2.13. The second kappa shape index (κ2) is 9.89. The maximum atomic E-state index is 10.2. The molecule has 10 aromatic rings. The third-order valence-electron chi connectivity index (χ3n) is 9.35. The monoisotopic (exact) mass is 616 g/mol. The van der Waals surface area contributed by atoms with Gasteiger partial charge in [-0.15, -0.1) is 11.3 Å². The van der Waals surface area contributed by atoms with Crippen molar-refractivity contribution in [1.82, 2.24) is 14.1 Å². The summed E-state index contributed by atoms with van der Waals surface area (Å²) in [7, 11) is 0. The zero-order valence-electron chi connectivity index (χ0n) is 25.1. The van der Waals surface area contributed by atoms with Crippen LogP contribution < -0.4 is 0 Å². The molecule has 4 heterocycles.